The van der Waals surface area contributed by atoms with Crippen molar-refractivity contribution in [1.82, 2.24) is 9.62 Å². The lowest BCUT2D eigenvalue weighted by atomic mass is 9.97. The van der Waals surface area contributed by atoms with Gasteiger partial charge in [-0.1, -0.05) is 42.5 Å². The van der Waals surface area contributed by atoms with Crippen molar-refractivity contribution < 1.29 is 27.5 Å². The zero-order valence-electron chi connectivity index (χ0n) is 24.0. The molecule has 2 atom stereocenters. The molecule has 0 aromatic heterocycles. The molecule has 1 fully saturated rings. The third-order valence-corrected chi connectivity index (χ3v) is 9.57. The van der Waals surface area contributed by atoms with Gasteiger partial charge in [0.25, 0.3) is 5.91 Å². The Morgan fingerprint density at radius 1 is 1.02 bits per heavy atom. The van der Waals surface area contributed by atoms with Crippen LogP contribution in [0.1, 0.15) is 30.9 Å². The van der Waals surface area contributed by atoms with Gasteiger partial charge in [-0.15, -0.1) is 0 Å². The Kier molecular flexibility index (Phi) is 9.13. The molecule has 9 nitrogen and oxygen atoms in total. The molecule has 3 aromatic carbocycles. The molecule has 0 radical (unpaired) electrons. The summed E-state index contributed by atoms with van der Waals surface area (Å²) >= 11 is 0. The number of hydrogen-bond acceptors (Lipinski definition) is 6. The molecule has 1 N–H and O–H groups in total. The third kappa shape index (κ3) is 6.44. The lowest BCUT2D eigenvalue weighted by molar-refractivity contribution is -0.129. The van der Waals surface area contributed by atoms with Crippen molar-refractivity contribution in [3.8, 4) is 11.5 Å². The molecule has 0 bridgehead atoms. The zero-order valence-corrected chi connectivity index (χ0v) is 24.8. The van der Waals surface area contributed by atoms with Crippen LogP contribution < -0.4 is 19.7 Å². The summed E-state index contributed by atoms with van der Waals surface area (Å²) in [6.07, 6.45) is 0.912. The van der Waals surface area contributed by atoms with E-state index in [-0.39, 0.29) is 29.8 Å². The molecule has 1 saturated heterocycles. The first-order chi connectivity index (χ1) is 20.3. The summed E-state index contributed by atoms with van der Waals surface area (Å²) < 4.78 is 40.1. The summed E-state index contributed by atoms with van der Waals surface area (Å²) in [6.45, 7) is 5.08. The maximum Gasteiger partial charge on any atom is 0.262 e. The average Bonchev–Trinajstić information content (AvgIpc) is 3.01. The van der Waals surface area contributed by atoms with Crippen LogP contribution in [0.4, 0.5) is 5.69 Å². The Bertz CT molecular complexity index is 1530. The number of rotatable bonds is 9. The Hall–Kier alpha value is -3.89. The average molecular weight is 592 g/mol. The monoisotopic (exact) mass is 591 g/mol. The topological polar surface area (TPSA) is 105 Å². The zero-order chi connectivity index (χ0) is 29.7. The van der Waals surface area contributed by atoms with Crippen LogP contribution in [0.15, 0.2) is 77.7 Å². The van der Waals surface area contributed by atoms with Gasteiger partial charge in [0.2, 0.25) is 15.9 Å². The van der Waals surface area contributed by atoms with E-state index in [0.29, 0.717) is 56.1 Å². The molecule has 0 unspecified atom stereocenters. The molecule has 0 saturated carbocycles. The van der Waals surface area contributed by atoms with Crippen LogP contribution in [0.5, 0.6) is 11.5 Å². The van der Waals surface area contributed by atoms with Crippen LogP contribution in [0, 0.1) is 12.8 Å². The first-order valence-electron chi connectivity index (χ1n) is 14.4. The van der Waals surface area contributed by atoms with Gasteiger partial charge in [-0.3, -0.25) is 9.59 Å². The van der Waals surface area contributed by atoms with Crippen molar-refractivity contribution >= 4 is 27.5 Å². The molecule has 10 heteroatoms. The van der Waals surface area contributed by atoms with Crippen LogP contribution in [0.3, 0.4) is 0 Å². The minimum absolute atomic E-state index is 0.0500. The first kappa shape index (κ1) is 29.6. The Balaban J connectivity index is 1.29. The fourth-order valence-electron chi connectivity index (χ4n) is 5.50. The largest absolute Gasteiger partial charge is 0.494 e. The number of sulfonamides is 1. The summed E-state index contributed by atoms with van der Waals surface area (Å²) in [7, 11) is -3.81. The molecular weight excluding hydrogens is 554 g/mol. The fourth-order valence-corrected chi connectivity index (χ4v) is 7.11. The molecule has 0 aliphatic carbocycles. The Morgan fingerprint density at radius 3 is 2.55 bits per heavy atom. The number of carbonyl (C=O) groups excluding carboxylic acids is 2. The number of amides is 2. The van der Waals surface area contributed by atoms with Crippen LogP contribution in [0.2, 0.25) is 0 Å². The van der Waals surface area contributed by atoms with E-state index in [2.05, 4.69) is 5.32 Å². The lowest BCUT2D eigenvalue weighted by Gasteiger charge is -2.38. The van der Waals surface area contributed by atoms with E-state index >= 15 is 0 Å². The lowest BCUT2D eigenvalue weighted by Crippen LogP contribution is -2.54. The van der Waals surface area contributed by atoms with Crippen molar-refractivity contribution in [1.29, 1.82) is 0 Å². The number of nitrogens with one attached hydrogen (secondary N) is 1. The number of aryl methyl sites for hydroxylation is 1. The SMILES string of the molecule is CCOc1ccc(S(=O)(=O)N2CCC[C@@H](C(=O)N3C[C@@H](C(=O)NCCc4ccccc4)Oc4ccccc43)C2)cc1C. The number of carbonyl (C=O) groups is 2. The Labute approximate surface area is 247 Å². The molecule has 2 heterocycles. The van der Waals surface area contributed by atoms with E-state index in [4.69, 9.17) is 9.47 Å². The van der Waals surface area contributed by atoms with E-state index < -0.39 is 22.0 Å². The van der Waals surface area contributed by atoms with E-state index in [9.17, 15) is 18.0 Å². The fraction of sp³-hybridized carbons (Fsp3) is 0.375. The number of anilines is 1. The summed E-state index contributed by atoms with van der Waals surface area (Å²) in [4.78, 5) is 28.8. The molecular formula is C32H37N3O6S. The van der Waals surface area contributed by atoms with E-state index in [1.165, 1.54) is 4.31 Å². The summed E-state index contributed by atoms with van der Waals surface area (Å²) in [6, 6.07) is 21.9. The number of nitrogens with zero attached hydrogens (tertiary/aromatic N) is 2. The van der Waals surface area contributed by atoms with Gasteiger partial charge in [-0.25, -0.2) is 8.42 Å². The van der Waals surface area contributed by atoms with Crippen LogP contribution in [-0.4, -0.2) is 63.4 Å². The van der Waals surface area contributed by atoms with Crippen molar-refractivity contribution in [2.45, 2.75) is 44.1 Å². The maximum absolute atomic E-state index is 14.0. The second-order valence-electron chi connectivity index (χ2n) is 10.6. The van der Waals surface area contributed by atoms with Crippen LogP contribution in [0.25, 0.3) is 0 Å². The second kappa shape index (κ2) is 13.0. The molecule has 2 aliphatic rings. The minimum atomic E-state index is -3.81. The molecule has 42 heavy (non-hydrogen) atoms. The van der Waals surface area contributed by atoms with Gasteiger partial charge in [0.05, 0.1) is 29.7 Å². The number of fused-ring (bicyclic) bond motifs is 1. The van der Waals surface area contributed by atoms with Crippen LogP contribution in [-0.2, 0) is 26.0 Å². The van der Waals surface area contributed by atoms with Gasteiger partial charge < -0.3 is 19.7 Å². The molecule has 3 aromatic rings. The van der Waals surface area contributed by atoms with Gasteiger partial charge in [0.1, 0.15) is 11.5 Å². The van der Waals surface area contributed by atoms with Crippen molar-refractivity contribution in [2.75, 3.05) is 37.7 Å². The number of hydrogen-bond donors (Lipinski definition) is 1. The van der Waals surface area contributed by atoms with Gasteiger partial charge in [0, 0.05) is 19.6 Å². The highest BCUT2D eigenvalue weighted by molar-refractivity contribution is 7.89. The smallest absolute Gasteiger partial charge is 0.262 e. The minimum Gasteiger partial charge on any atom is -0.494 e. The molecule has 2 aliphatic heterocycles. The van der Waals surface area contributed by atoms with Gasteiger partial charge in [-0.05, 0) is 74.6 Å². The molecule has 5 rings (SSSR count). The standard InChI is InChI=1S/C32H37N3O6S/c1-3-40-28-16-15-26(20-23(28)2)42(38,39)34-19-9-12-25(21-34)32(37)35-22-30(41-29-14-8-7-13-27(29)35)31(36)33-18-17-24-10-5-4-6-11-24/h4-8,10-11,13-16,20,25,30H,3,9,12,17-19,21-22H2,1-2H3,(H,33,36)/t25-,30+/m1/s1. The second-order valence-corrected chi connectivity index (χ2v) is 12.6. The molecule has 2 amide bonds. The highest BCUT2D eigenvalue weighted by Crippen LogP contribution is 2.36. The summed E-state index contributed by atoms with van der Waals surface area (Å²) in [5.41, 5.74) is 2.43. The Morgan fingerprint density at radius 2 is 1.79 bits per heavy atom. The number of piperidine rings is 1. The number of para-hydroxylation sites is 2. The highest BCUT2D eigenvalue weighted by Gasteiger charge is 2.39. The normalized spacial score (nSPS) is 19.0. The van der Waals surface area contributed by atoms with Gasteiger partial charge in [0.15, 0.2) is 6.10 Å². The first-order valence-corrected chi connectivity index (χ1v) is 15.8. The van der Waals surface area contributed by atoms with Crippen molar-refractivity contribution in [3.63, 3.8) is 0 Å². The van der Waals surface area contributed by atoms with E-state index in [1.807, 2.05) is 50.2 Å². The summed E-state index contributed by atoms with van der Waals surface area (Å²) in [5, 5.41) is 2.93. The van der Waals surface area contributed by atoms with Gasteiger partial charge >= 0.3 is 0 Å². The van der Waals surface area contributed by atoms with Gasteiger partial charge in [-0.2, -0.15) is 4.31 Å². The third-order valence-electron chi connectivity index (χ3n) is 7.71. The van der Waals surface area contributed by atoms with Crippen molar-refractivity contribution in [2.24, 2.45) is 5.92 Å². The maximum atomic E-state index is 14.0. The van der Waals surface area contributed by atoms with Crippen LogP contribution >= 0.6 is 0 Å². The molecule has 0 spiro atoms. The van der Waals surface area contributed by atoms with E-state index in [0.717, 1.165) is 11.1 Å². The predicted octanol–water partition coefficient (Wildman–Crippen LogP) is 3.95. The number of ether oxygens (including phenoxy) is 2. The quantitative estimate of drug-likeness (QED) is 0.404. The highest BCUT2D eigenvalue weighted by atomic mass is 32.2. The number of benzene rings is 3. The van der Waals surface area contributed by atoms with E-state index in [1.54, 1.807) is 41.3 Å². The van der Waals surface area contributed by atoms with Crippen molar-refractivity contribution in [3.05, 3.63) is 83.9 Å². The summed E-state index contributed by atoms with van der Waals surface area (Å²) in [5.74, 6) is 0.0380. The predicted molar refractivity (Wildman–Crippen MR) is 160 cm³/mol. The molecule has 222 valence electrons.